The van der Waals surface area contributed by atoms with Gasteiger partial charge in [-0.1, -0.05) is 38.5 Å². The lowest BCUT2D eigenvalue weighted by Gasteiger charge is -2.21. The first kappa shape index (κ1) is 24.2. The van der Waals surface area contributed by atoms with Crippen LogP contribution < -0.4 is 10.6 Å². The topological polar surface area (TPSA) is 40.2 Å². The van der Waals surface area contributed by atoms with Gasteiger partial charge in [0.1, 0.15) is 5.82 Å². The summed E-state index contributed by atoms with van der Waals surface area (Å²) in [5.74, 6) is 1.04. The van der Waals surface area contributed by atoms with Gasteiger partial charge in [-0.15, -0.1) is 0 Å². The first-order valence-corrected chi connectivity index (χ1v) is 11.0. The number of aromatic nitrogens is 1. The van der Waals surface area contributed by atoms with Crippen LogP contribution in [0.2, 0.25) is 0 Å². The first-order valence-electron chi connectivity index (χ1n) is 11.0. The molecule has 1 aromatic heterocycles. The van der Waals surface area contributed by atoms with Gasteiger partial charge in [-0.3, -0.25) is 0 Å². The van der Waals surface area contributed by atoms with E-state index in [0.29, 0.717) is 0 Å². The Bertz CT molecular complexity index is 619. The van der Waals surface area contributed by atoms with E-state index in [0.717, 1.165) is 51.3 Å². The minimum absolute atomic E-state index is 1.00. The smallest absolute Gasteiger partial charge is 0.129 e. The van der Waals surface area contributed by atoms with Crippen LogP contribution >= 0.6 is 0 Å². The molecule has 4 heteroatoms. The van der Waals surface area contributed by atoms with Crippen molar-refractivity contribution in [1.29, 1.82) is 0 Å². The third-order valence-corrected chi connectivity index (χ3v) is 5.06. The van der Waals surface area contributed by atoms with E-state index in [-0.39, 0.29) is 0 Å². The standard InChI is InChI=1S/C24H42N4/c1-7-12-20(4)19-21(5)26-16-18-28(9-3)17-11-10-13-23-15-14-22(8-2)24(25-6)27-23/h12,14-15,19,26H,7-11,13,16-18H2,1-6H3,(H,25,27)/b20-12+,21-19-. The van der Waals surface area contributed by atoms with Gasteiger partial charge in [-0.25, -0.2) is 4.98 Å². The van der Waals surface area contributed by atoms with E-state index in [1.54, 1.807) is 0 Å². The molecule has 1 aromatic rings. The van der Waals surface area contributed by atoms with E-state index in [1.165, 1.54) is 35.4 Å². The summed E-state index contributed by atoms with van der Waals surface area (Å²) in [6.07, 6.45) is 10.1. The predicted octanol–water partition coefficient (Wildman–Crippen LogP) is 5.18. The average molecular weight is 387 g/mol. The van der Waals surface area contributed by atoms with E-state index in [4.69, 9.17) is 4.98 Å². The molecule has 0 saturated heterocycles. The third-order valence-electron chi connectivity index (χ3n) is 5.06. The number of hydrogen-bond acceptors (Lipinski definition) is 4. The quantitative estimate of drug-likeness (QED) is 0.341. The SMILES string of the molecule is CC/C=C(C)/C=C(/C)NCCN(CC)CCCCc1ccc(CC)c(NC)n1. The van der Waals surface area contributed by atoms with Gasteiger partial charge < -0.3 is 15.5 Å². The molecule has 0 aliphatic rings. The van der Waals surface area contributed by atoms with Crippen molar-refractivity contribution < 1.29 is 0 Å². The predicted molar refractivity (Wildman–Crippen MR) is 124 cm³/mol. The Morgan fingerprint density at radius 1 is 1.11 bits per heavy atom. The summed E-state index contributed by atoms with van der Waals surface area (Å²) in [6, 6.07) is 4.40. The lowest BCUT2D eigenvalue weighted by Crippen LogP contribution is -2.32. The Balaban J connectivity index is 2.32. The van der Waals surface area contributed by atoms with Crippen LogP contribution in [0.3, 0.4) is 0 Å². The van der Waals surface area contributed by atoms with Gasteiger partial charge in [0.05, 0.1) is 0 Å². The third kappa shape index (κ3) is 9.41. The molecule has 0 bridgehead atoms. The number of rotatable bonds is 14. The van der Waals surface area contributed by atoms with Crippen molar-refractivity contribution in [3.63, 3.8) is 0 Å². The number of hydrogen-bond donors (Lipinski definition) is 2. The first-order chi connectivity index (χ1) is 13.5. The Morgan fingerprint density at radius 3 is 2.54 bits per heavy atom. The Labute approximate surface area is 173 Å². The van der Waals surface area contributed by atoms with Gasteiger partial charge in [-0.2, -0.15) is 0 Å². The normalized spacial score (nSPS) is 12.5. The van der Waals surface area contributed by atoms with Crippen LogP contribution in [0.25, 0.3) is 0 Å². The molecule has 0 fully saturated rings. The zero-order chi connectivity index (χ0) is 20.8. The van der Waals surface area contributed by atoms with Crippen LogP contribution in [0.15, 0.2) is 35.6 Å². The van der Waals surface area contributed by atoms with Crippen molar-refractivity contribution in [2.45, 2.75) is 66.7 Å². The van der Waals surface area contributed by atoms with Gasteiger partial charge in [0.2, 0.25) is 0 Å². The minimum Gasteiger partial charge on any atom is -0.387 e. The Morgan fingerprint density at radius 2 is 1.89 bits per heavy atom. The zero-order valence-corrected chi connectivity index (χ0v) is 19.1. The summed E-state index contributed by atoms with van der Waals surface area (Å²) in [5.41, 5.74) is 5.07. The summed E-state index contributed by atoms with van der Waals surface area (Å²) in [4.78, 5) is 7.29. The molecule has 4 nitrogen and oxygen atoms in total. The van der Waals surface area contributed by atoms with E-state index < -0.39 is 0 Å². The van der Waals surface area contributed by atoms with E-state index in [1.807, 2.05) is 7.05 Å². The lowest BCUT2D eigenvalue weighted by atomic mass is 10.1. The van der Waals surface area contributed by atoms with Crippen LogP contribution in [-0.2, 0) is 12.8 Å². The number of anilines is 1. The molecular formula is C24H42N4. The fourth-order valence-corrected chi connectivity index (χ4v) is 3.42. The summed E-state index contributed by atoms with van der Waals surface area (Å²) in [5, 5.41) is 6.76. The lowest BCUT2D eigenvalue weighted by molar-refractivity contribution is 0.284. The Hall–Kier alpha value is -1.81. The molecule has 0 aliphatic heterocycles. The molecule has 0 aliphatic carbocycles. The summed E-state index contributed by atoms with van der Waals surface area (Å²) in [7, 11) is 1.96. The number of allylic oxidation sites excluding steroid dienone is 4. The fourth-order valence-electron chi connectivity index (χ4n) is 3.42. The van der Waals surface area contributed by atoms with Crippen molar-refractivity contribution in [2.24, 2.45) is 0 Å². The monoisotopic (exact) mass is 386 g/mol. The molecule has 0 unspecified atom stereocenters. The maximum atomic E-state index is 4.76. The highest BCUT2D eigenvalue weighted by Gasteiger charge is 2.05. The van der Waals surface area contributed by atoms with E-state index >= 15 is 0 Å². The number of nitrogens with one attached hydrogen (secondary N) is 2. The second-order valence-corrected chi connectivity index (χ2v) is 7.42. The van der Waals surface area contributed by atoms with Crippen LogP contribution in [0, 0.1) is 0 Å². The van der Waals surface area contributed by atoms with E-state index in [2.05, 4.69) is 74.4 Å². The highest BCUT2D eigenvalue weighted by Crippen LogP contribution is 2.15. The number of nitrogens with zero attached hydrogens (tertiary/aromatic N) is 2. The largest absolute Gasteiger partial charge is 0.387 e. The van der Waals surface area contributed by atoms with Crippen molar-refractivity contribution in [2.75, 3.05) is 38.5 Å². The van der Waals surface area contributed by atoms with Crippen molar-refractivity contribution in [3.8, 4) is 0 Å². The molecule has 0 spiro atoms. The van der Waals surface area contributed by atoms with Crippen molar-refractivity contribution in [1.82, 2.24) is 15.2 Å². The van der Waals surface area contributed by atoms with Gasteiger partial charge in [0.25, 0.3) is 0 Å². The minimum atomic E-state index is 1.00. The molecule has 1 heterocycles. The maximum Gasteiger partial charge on any atom is 0.129 e. The van der Waals surface area contributed by atoms with Gasteiger partial charge in [0, 0.05) is 31.5 Å². The summed E-state index contributed by atoms with van der Waals surface area (Å²) in [6.45, 7) is 15.3. The highest BCUT2D eigenvalue weighted by atomic mass is 15.1. The van der Waals surface area contributed by atoms with Gasteiger partial charge in [0.15, 0.2) is 0 Å². The Kier molecular flexibility index (Phi) is 12.3. The number of likely N-dealkylation sites (N-methyl/N-ethyl adjacent to an activating group) is 1. The van der Waals surface area contributed by atoms with Crippen LogP contribution in [0.1, 0.15) is 65.1 Å². The van der Waals surface area contributed by atoms with Crippen LogP contribution in [0.4, 0.5) is 5.82 Å². The van der Waals surface area contributed by atoms with Crippen molar-refractivity contribution >= 4 is 5.82 Å². The molecule has 0 amide bonds. The number of pyridine rings is 1. The molecule has 28 heavy (non-hydrogen) atoms. The van der Waals surface area contributed by atoms with E-state index in [9.17, 15) is 0 Å². The average Bonchev–Trinajstić information content (AvgIpc) is 2.69. The van der Waals surface area contributed by atoms with Gasteiger partial charge in [-0.05, 0) is 76.7 Å². The second-order valence-electron chi connectivity index (χ2n) is 7.42. The fraction of sp³-hybridized carbons (Fsp3) is 0.625. The molecule has 0 saturated carbocycles. The zero-order valence-electron chi connectivity index (χ0n) is 19.1. The maximum absolute atomic E-state index is 4.76. The molecule has 158 valence electrons. The van der Waals surface area contributed by atoms with Crippen LogP contribution in [-0.4, -0.2) is 43.1 Å². The summed E-state index contributed by atoms with van der Waals surface area (Å²) >= 11 is 0. The number of unbranched alkanes of at least 4 members (excludes halogenated alkanes) is 1. The molecule has 2 N–H and O–H groups in total. The van der Waals surface area contributed by atoms with Crippen LogP contribution in [0.5, 0.6) is 0 Å². The molecule has 0 aromatic carbocycles. The van der Waals surface area contributed by atoms with Gasteiger partial charge >= 0.3 is 0 Å². The second kappa shape index (κ2) is 14.2. The molecule has 1 rings (SSSR count). The number of aryl methyl sites for hydroxylation is 2. The highest BCUT2D eigenvalue weighted by molar-refractivity contribution is 5.44. The summed E-state index contributed by atoms with van der Waals surface area (Å²) < 4.78 is 0. The molecule has 0 atom stereocenters. The van der Waals surface area contributed by atoms with Crippen molar-refractivity contribution in [3.05, 3.63) is 46.8 Å². The molecule has 0 radical (unpaired) electrons. The molecular weight excluding hydrogens is 344 g/mol.